The standard InChI is InChI=1S/C15H29NS2/c1-4-8-16-14(9-13-6-5-7-13)15-10-17-11(2)12(3)18-15/h11-16H,4-10H2,1-3H3. The first-order chi connectivity index (χ1) is 8.70. The van der Waals surface area contributed by atoms with Crippen LogP contribution in [0.2, 0.25) is 0 Å². The summed E-state index contributed by atoms with van der Waals surface area (Å²) < 4.78 is 0. The fourth-order valence-corrected chi connectivity index (χ4v) is 5.95. The lowest BCUT2D eigenvalue weighted by molar-refractivity contribution is 0.259. The van der Waals surface area contributed by atoms with Crippen molar-refractivity contribution in [2.75, 3.05) is 12.3 Å². The highest BCUT2D eigenvalue weighted by molar-refractivity contribution is 8.07. The molecule has 0 radical (unpaired) electrons. The van der Waals surface area contributed by atoms with Crippen LogP contribution in [0.1, 0.15) is 52.9 Å². The fourth-order valence-electron chi connectivity index (χ4n) is 2.80. The molecule has 3 heteroatoms. The number of thioether (sulfide) groups is 2. The largest absolute Gasteiger partial charge is 0.313 e. The second-order valence-corrected chi connectivity index (χ2v) is 9.04. The third-order valence-electron chi connectivity index (χ3n) is 4.49. The first-order valence-electron chi connectivity index (χ1n) is 7.71. The van der Waals surface area contributed by atoms with Crippen LogP contribution in [0.5, 0.6) is 0 Å². The van der Waals surface area contributed by atoms with Crippen LogP contribution in [-0.4, -0.2) is 34.1 Å². The van der Waals surface area contributed by atoms with E-state index in [1.807, 2.05) is 0 Å². The zero-order valence-corrected chi connectivity index (χ0v) is 13.8. The van der Waals surface area contributed by atoms with E-state index in [1.54, 1.807) is 0 Å². The molecule has 0 bridgehead atoms. The Kier molecular flexibility index (Phi) is 6.23. The number of hydrogen-bond donors (Lipinski definition) is 1. The van der Waals surface area contributed by atoms with Gasteiger partial charge in [0.15, 0.2) is 0 Å². The monoisotopic (exact) mass is 287 g/mol. The van der Waals surface area contributed by atoms with Crippen LogP contribution in [0.25, 0.3) is 0 Å². The quantitative estimate of drug-likeness (QED) is 0.787. The predicted molar refractivity (Wildman–Crippen MR) is 86.8 cm³/mol. The van der Waals surface area contributed by atoms with Crippen molar-refractivity contribution in [3.8, 4) is 0 Å². The molecule has 0 aromatic heterocycles. The predicted octanol–water partition coefficient (Wildman–Crippen LogP) is 4.17. The van der Waals surface area contributed by atoms with Gasteiger partial charge in [0.25, 0.3) is 0 Å². The van der Waals surface area contributed by atoms with E-state index in [1.165, 1.54) is 44.4 Å². The fraction of sp³-hybridized carbons (Fsp3) is 1.00. The van der Waals surface area contributed by atoms with E-state index in [4.69, 9.17) is 0 Å². The molecule has 1 saturated carbocycles. The molecule has 4 atom stereocenters. The summed E-state index contributed by atoms with van der Waals surface area (Å²) in [7, 11) is 0. The summed E-state index contributed by atoms with van der Waals surface area (Å²) in [5.41, 5.74) is 0. The molecular weight excluding hydrogens is 258 g/mol. The lowest BCUT2D eigenvalue weighted by Crippen LogP contribution is -2.45. The highest BCUT2D eigenvalue weighted by Crippen LogP contribution is 2.40. The summed E-state index contributed by atoms with van der Waals surface area (Å²) in [6.45, 7) is 8.28. The topological polar surface area (TPSA) is 12.0 Å². The Morgan fingerprint density at radius 2 is 2.00 bits per heavy atom. The van der Waals surface area contributed by atoms with Gasteiger partial charge in [-0.05, 0) is 25.3 Å². The molecule has 1 N–H and O–H groups in total. The molecule has 0 aromatic rings. The van der Waals surface area contributed by atoms with Crippen LogP contribution < -0.4 is 5.32 Å². The highest BCUT2D eigenvalue weighted by atomic mass is 32.2. The summed E-state index contributed by atoms with van der Waals surface area (Å²) in [5, 5.41) is 6.34. The van der Waals surface area contributed by atoms with E-state index in [0.29, 0.717) is 0 Å². The SMILES string of the molecule is CCCNC(CC1CCC1)C1CSC(C)C(C)S1. The third-order valence-corrected chi connectivity index (χ3v) is 8.04. The van der Waals surface area contributed by atoms with Crippen molar-refractivity contribution in [2.45, 2.75) is 74.7 Å². The van der Waals surface area contributed by atoms with Crippen molar-refractivity contribution >= 4 is 23.5 Å². The van der Waals surface area contributed by atoms with E-state index in [0.717, 1.165) is 27.7 Å². The van der Waals surface area contributed by atoms with E-state index >= 15 is 0 Å². The molecule has 2 fully saturated rings. The van der Waals surface area contributed by atoms with E-state index in [-0.39, 0.29) is 0 Å². The maximum absolute atomic E-state index is 3.84. The van der Waals surface area contributed by atoms with Gasteiger partial charge in [-0.3, -0.25) is 0 Å². The molecule has 0 spiro atoms. The minimum atomic E-state index is 0.766. The summed E-state index contributed by atoms with van der Waals surface area (Å²) in [5.74, 6) is 2.38. The molecule has 106 valence electrons. The molecule has 1 heterocycles. The van der Waals surface area contributed by atoms with Crippen molar-refractivity contribution in [3.05, 3.63) is 0 Å². The Morgan fingerprint density at radius 1 is 1.22 bits per heavy atom. The van der Waals surface area contributed by atoms with Gasteiger partial charge in [-0.1, -0.05) is 40.0 Å². The molecule has 4 unspecified atom stereocenters. The van der Waals surface area contributed by atoms with Gasteiger partial charge in [0, 0.05) is 27.5 Å². The minimum absolute atomic E-state index is 0.766. The average Bonchev–Trinajstić information content (AvgIpc) is 2.31. The normalized spacial score (nSPS) is 35.2. The molecule has 0 amide bonds. The number of nitrogens with one attached hydrogen (secondary N) is 1. The molecule has 1 aliphatic heterocycles. The van der Waals surface area contributed by atoms with Gasteiger partial charge in [0.2, 0.25) is 0 Å². The molecule has 1 aliphatic carbocycles. The van der Waals surface area contributed by atoms with Gasteiger partial charge in [-0.2, -0.15) is 23.5 Å². The summed E-state index contributed by atoms with van der Waals surface area (Å²) >= 11 is 4.43. The maximum Gasteiger partial charge on any atom is 0.0294 e. The van der Waals surface area contributed by atoms with Crippen LogP contribution in [-0.2, 0) is 0 Å². The molecule has 0 aromatic carbocycles. The van der Waals surface area contributed by atoms with E-state index in [2.05, 4.69) is 49.6 Å². The van der Waals surface area contributed by atoms with Gasteiger partial charge in [0.1, 0.15) is 0 Å². The summed E-state index contributed by atoms with van der Waals surface area (Å²) in [6, 6.07) is 0.766. The van der Waals surface area contributed by atoms with Crippen molar-refractivity contribution in [1.82, 2.24) is 5.32 Å². The number of hydrogen-bond acceptors (Lipinski definition) is 3. The Labute approximate surface area is 122 Å². The van der Waals surface area contributed by atoms with Crippen LogP contribution >= 0.6 is 23.5 Å². The molecule has 18 heavy (non-hydrogen) atoms. The highest BCUT2D eigenvalue weighted by Gasteiger charge is 2.33. The third kappa shape index (κ3) is 4.08. The Morgan fingerprint density at radius 3 is 2.56 bits per heavy atom. The second kappa shape index (κ2) is 7.44. The number of rotatable bonds is 6. The lowest BCUT2D eigenvalue weighted by Gasteiger charge is -2.39. The molecular formula is C15H29NS2. The molecule has 1 saturated heterocycles. The Balaban J connectivity index is 1.85. The van der Waals surface area contributed by atoms with E-state index in [9.17, 15) is 0 Å². The van der Waals surface area contributed by atoms with Crippen LogP contribution in [0.15, 0.2) is 0 Å². The first-order valence-corrected chi connectivity index (χ1v) is 9.70. The smallest absolute Gasteiger partial charge is 0.0294 e. The van der Waals surface area contributed by atoms with Gasteiger partial charge in [-0.25, -0.2) is 0 Å². The van der Waals surface area contributed by atoms with Crippen molar-refractivity contribution in [3.63, 3.8) is 0 Å². The average molecular weight is 288 g/mol. The van der Waals surface area contributed by atoms with Gasteiger partial charge in [-0.15, -0.1) is 0 Å². The van der Waals surface area contributed by atoms with E-state index < -0.39 is 0 Å². The van der Waals surface area contributed by atoms with Crippen LogP contribution in [0.4, 0.5) is 0 Å². The maximum atomic E-state index is 3.84. The van der Waals surface area contributed by atoms with Gasteiger partial charge >= 0.3 is 0 Å². The zero-order chi connectivity index (χ0) is 13.0. The molecule has 2 rings (SSSR count). The van der Waals surface area contributed by atoms with Crippen molar-refractivity contribution in [1.29, 1.82) is 0 Å². The summed E-state index contributed by atoms with van der Waals surface area (Å²) in [6.07, 6.45) is 7.14. The van der Waals surface area contributed by atoms with Crippen molar-refractivity contribution < 1.29 is 0 Å². The van der Waals surface area contributed by atoms with Crippen LogP contribution in [0.3, 0.4) is 0 Å². The van der Waals surface area contributed by atoms with Gasteiger partial charge in [0.05, 0.1) is 0 Å². The second-order valence-electron chi connectivity index (χ2n) is 6.01. The van der Waals surface area contributed by atoms with Crippen molar-refractivity contribution in [2.24, 2.45) is 5.92 Å². The molecule has 1 nitrogen and oxygen atoms in total. The first kappa shape index (κ1) is 15.1. The molecule has 2 aliphatic rings. The summed E-state index contributed by atoms with van der Waals surface area (Å²) in [4.78, 5) is 0. The van der Waals surface area contributed by atoms with Crippen LogP contribution in [0, 0.1) is 5.92 Å². The van der Waals surface area contributed by atoms with Gasteiger partial charge < -0.3 is 5.32 Å². The lowest BCUT2D eigenvalue weighted by atomic mass is 9.80. The Bertz CT molecular complexity index is 243. The zero-order valence-electron chi connectivity index (χ0n) is 12.2. The minimum Gasteiger partial charge on any atom is -0.313 e. The Hall–Kier alpha value is 0.660.